The first-order valence-corrected chi connectivity index (χ1v) is 4.03. The first kappa shape index (κ1) is 7.07. The summed E-state index contributed by atoms with van der Waals surface area (Å²) in [6.45, 7) is 4.36. The molecule has 9 heavy (non-hydrogen) atoms. The molecule has 0 spiro atoms. The van der Waals surface area contributed by atoms with Crippen LogP contribution in [0.25, 0.3) is 0 Å². The fourth-order valence-electron chi connectivity index (χ4n) is 0.960. The second-order valence-electron chi connectivity index (χ2n) is 2.50. The summed E-state index contributed by atoms with van der Waals surface area (Å²) >= 11 is 3.50. The predicted molar refractivity (Wildman–Crippen MR) is 44.6 cm³/mol. The average molecular weight is 187 g/mol. The largest absolute Gasteiger partial charge is 0.0697 e. The molecule has 1 heteroatoms. The van der Waals surface area contributed by atoms with Gasteiger partial charge in [-0.25, -0.2) is 0 Å². The van der Waals surface area contributed by atoms with E-state index in [4.69, 9.17) is 0 Å². The highest BCUT2D eigenvalue weighted by atomic mass is 79.9. The van der Waals surface area contributed by atoms with Crippen LogP contribution in [0.2, 0.25) is 0 Å². The van der Waals surface area contributed by atoms with Crippen LogP contribution in [0.4, 0.5) is 0 Å². The first-order valence-electron chi connectivity index (χ1n) is 3.24. The van der Waals surface area contributed by atoms with Crippen molar-refractivity contribution in [2.75, 3.05) is 0 Å². The topological polar surface area (TPSA) is 0 Å². The van der Waals surface area contributed by atoms with Gasteiger partial charge < -0.3 is 0 Å². The van der Waals surface area contributed by atoms with Gasteiger partial charge in [-0.3, -0.25) is 0 Å². The molecule has 1 aliphatic carbocycles. The van der Waals surface area contributed by atoms with E-state index in [1.165, 1.54) is 28.5 Å². The van der Waals surface area contributed by atoms with E-state index in [0.29, 0.717) is 0 Å². The highest BCUT2D eigenvalue weighted by Gasteiger charge is 2.04. The average Bonchev–Trinajstić information content (AvgIpc) is 1.83. The van der Waals surface area contributed by atoms with Gasteiger partial charge in [0.15, 0.2) is 0 Å². The normalized spacial score (nSPS) is 20.1. The monoisotopic (exact) mass is 186 g/mol. The second kappa shape index (κ2) is 2.70. The minimum absolute atomic E-state index is 1.20. The van der Waals surface area contributed by atoms with Crippen molar-refractivity contribution < 1.29 is 0 Å². The number of hydrogen-bond acceptors (Lipinski definition) is 0. The fraction of sp³-hybridized carbons (Fsp3) is 0.500. The first-order chi connectivity index (χ1) is 4.22. The van der Waals surface area contributed by atoms with Crippen LogP contribution >= 0.6 is 15.9 Å². The van der Waals surface area contributed by atoms with E-state index in [9.17, 15) is 0 Å². The summed E-state index contributed by atoms with van der Waals surface area (Å²) in [6, 6.07) is 0. The standard InChI is InChI=1S/C8H11Br/c1-6-4-3-5-8(9)7(6)2/h5H,3-4H2,1-2H3. The molecule has 0 aromatic rings. The molecule has 0 atom stereocenters. The summed E-state index contributed by atoms with van der Waals surface area (Å²) in [7, 11) is 0. The maximum atomic E-state index is 3.50. The van der Waals surface area contributed by atoms with Gasteiger partial charge in [0.1, 0.15) is 0 Å². The fourth-order valence-corrected chi connectivity index (χ4v) is 1.53. The Morgan fingerprint density at radius 3 is 2.56 bits per heavy atom. The van der Waals surface area contributed by atoms with Crippen molar-refractivity contribution in [3.63, 3.8) is 0 Å². The molecule has 0 amide bonds. The predicted octanol–water partition coefficient (Wildman–Crippen LogP) is 3.40. The third-order valence-corrected chi connectivity index (χ3v) is 2.76. The summed E-state index contributed by atoms with van der Waals surface area (Å²) in [6.07, 6.45) is 4.67. The summed E-state index contributed by atoms with van der Waals surface area (Å²) < 4.78 is 1.28. The Hall–Kier alpha value is -0.0400. The molecule has 0 unspecified atom stereocenters. The van der Waals surface area contributed by atoms with Gasteiger partial charge in [0, 0.05) is 4.48 Å². The van der Waals surface area contributed by atoms with Crippen LogP contribution in [-0.2, 0) is 0 Å². The summed E-state index contributed by atoms with van der Waals surface area (Å²) in [5.74, 6) is 0. The van der Waals surface area contributed by atoms with Crippen LogP contribution in [0.5, 0.6) is 0 Å². The molecule has 0 saturated carbocycles. The third-order valence-electron chi connectivity index (χ3n) is 1.84. The van der Waals surface area contributed by atoms with Crippen LogP contribution in [0.15, 0.2) is 21.7 Å². The molecular weight excluding hydrogens is 176 g/mol. The van der Waals surface area contributed by atoms with E-state index in [1.54, 1.807) is 0 Å². The lowest BCUT2D eigenvalue weighted by Crippen LogP contribution is -1.90. The molecule has 1 aliphatic rings. The number of hydrogen-bond donors (Lipinski definition) is 0. The molecule has 50 valence electrons. The van der Waals surface area contributed by atoms with Crippen molar-refractivity contribution in [2.45, 2.75) is 26.7 Å². The van der Waals surface area contributed by atoms with Gasteiger partial charge in [-0.1, -0.05) is 27.6 Å². The lowest BCUT2D eigenvalue weighted by atomic mass is 10.0. The molecule has 0 aromatic heterocycles. The van der Waals surface area contributed by atoms with Crippen molar-refractivity contribution in [2.24, 2.45) is 0 Å². The van der Waals surface area contributed by atoms with Crippen LogP contribution in [0.3, 0.4) is 0 Å². The Kier molecular flexibility index (Phi) is 2.12. The SMILES string of the molecule is CC1=C(C)C(Br)=CCC1. The highest BCUT2D eigenvalue weighted by Crippen LogP contribution is 2.27. The van der Waals surface area contributed by atoms with Crippen molar-refractivity contribution in [1.82, 2.24) is 0 Å². The van der Waals surface area contributed by atoms with Crippen molar-refractivity contribution in [3.05, 3.63) is 21.7 Å². The molecule has 0 nitrogen and oxygen atoms in total. The quantitative estimate of drug-likeness (QED) is 0.545. The van der Waals surface area contributed by atoms with Crippen LogP contribution < -0.4 is 0 Å². The van der Waals surface area contributed by atoms with Gasteiger partial charge in [0.2, 0.25) is 0 Å². The van der Waals surface area contributed by atoms with Gasteiger partial charge in [-0.15, -0.1) is 0 Å². The minimum Gasteiger partial charge on any atom is -0.0697 e. The second-order valence-corrected chi connectivity index (χ2v) is 3.35. The minimum atomic E-state index is 1.20. The Morgan fingerprint density at radius 2 is 2.11 bits per heavy atom. The molecular formula is C8H11Br. The lowest BCUT2D eigenvalue weighted by Gasteiger charge is -2.11. The van der Waals surface area contributed by atoms with Crippen LogP contribution in [-0.4, -0.2) is 0 Å². The van der Waals surface area contributed by atoms with E-state index in [0.717, 1.165) is 0 Å². The third kappa shape index (κ3) is 1.45. The maximum absolute atomic E-state index is 3.50. The number of rotatable bonds is 0. The highest BCUT2D eigenvalue weighted by molar-refractivity contribution is 9.12. The van der Waals surface area contributed by atoms with Gasteiger partial charge >= 0.3 is 0 Å². The Balaban J connectivity index is 2.88. The smallest absolute Gasteiger partial charge is 0.0164 e. The Morgan fingerprint density at radius 1 is 1.44 bits per heavy atom. The molecule has 0 N–H and O–H groups in total. The van der Waals surface area contributed by atoms with Crippen LogP contribution in [0, 0.1) is 0 Å². The zero-order valence-corrected chi connectivity index (χ0v) is 7.46. The van der Waals surface area contributed by atoms with Crippen molar-refractivity contribution in [1.29, 1.82) is 0 Å². The molecule has 0 fully saturated rings. The summed E-state index contributed by atoms with van der Waals surface area (Å²) in [5.41, 5.74) is 2.94. The van der Waals surface area contributed by atoms with Crippen molar-refractivity contribution in [3.8, 4) is 0 Å². The molecule has 0 aromatic carbocycles. The van der Waals surface area contributed by atoms with Crippen LogP contribution in [0.1, 0.15) is 26.7 Å². The lowest BCUT2D eigenvalue weighted by molar-refractivity contribution is 0.936. The Labute approximate surface area is 64.8 Å². The van der Waals surface area contributed by atoms with E-state index in [2.05, 4.69) is 35.9 Å². The molecule has 0 heterocycles. The summed E-state index contributed by atoms with van der Waals surface area (Å²) in [4.78, 5) is 0. The number of allylic oxidation sites excluding steroid dienone is 4. The zero-order chi connectivity index (χ0) is 6.85. The Bertz CT molecular complexity index is 175. The maximum Gasteiger partial charge on any atom is 0.0164 e. The van der Waals surface area contributed by atoms with E-state index in [-0.39, 0.29) is 0 Å². The van der Waals surface area contributed by atoms with E-state index in [1.807, 2.05) is 0 Å². The zero-order valence-electron chi connectivity index (χ0n) is 5.87. The van der Waals surface area contributed by atoms with Crippen molar-refractivity contribution >= 4 is 15.9 Å². The molecule has 0 saturated heterocycles. The number of halogens is 1. The van der Waals surface area contributed by atoms with Gasteiger partial charge in [-0.2, -0.15) is 0 Å². The van der Waals surface area contributed by atoms with E-state index < -0.39 is 0 Å². The molecule has 0 aliphatic heterocycles. The van der Waals surface area contributed by atoms with Gasteiger partial charge in [0.05, 0.1) is 0 Å². The molecule has 0 bridgehead atoms. The molecule has 1 rings (SSSR count). The summed E-state index contributed by atoms with van der Waals surface area (Å²) in [5, 5.41) is 0. The van der Waals surface area contributed by atoms with Gasteiger partial charge in [0.25, 0.3) is 0 Å². The van der Waals surface area contributed by atoms with Gasteiger partial charge in [-0.05, 0) is 32.3 Å². The van der Waals surface area contributed by atoms with E-state index >= 15 is 0 Å². The molecule has 0 radical (unpaired) electrons.